The highest BCUT2D eigenvalue weighted by Crippen LogP contribution is 2.50. The van der Waals surface area contributed by atoms with Crippen LogP contribution < -0.4 is 5.73 Å². The summed E-state index contributed by atoms with van der Waals surface area (Å²) >= 11 is 0. The second kappa shape index (κ2) is 3.92. The molecule has 2 bridgehead atoms. The van der Waals surface area contributed by atoms with Crippen LogP contribution in [0.15, 0.2) is 16.7 Å². The lowest BCUT2D eigenvalue weighted by molar-refractivity contribution is 0.283. The summed E-state index contributed by atoms with van der Waals surface area (Å²) in [6.07, 6.45) is 8.67. The lowest BCUT2D eigenvalue weighted by Crippen LogP contribution is -2.19. The van der Waals surface area contributed by atoms with Gasteiger partial charge in [0.05, 0.1) is 12.3 Å². The zero-order valence-electron chi connectivity index (χ0n) is 9.99. The number of aryl methyl sites for hydroxylation is 1. The number of hydrogen-bond acceptors (Lipinski definition) is 2. The predicted molar refractivity (Wildman–Crippen MR) is 63.9 cm³/mol. The number of fused-ring (bicyclic) bond motifs is 2. The molecule has 2 aliphatic rings. The maximum atomic E-state index is 6.26. The lowest BCUT2D eigenvalue weighted by Gasteiger charge is -2.24. The van der Waals surface area contributed by atoms with E-state index in [1.54, 1.807) is 6.26 Å². The molecule has 1 aromatic heterocycles. The Kier molecular flexibility index (Phi) is 2.55. The second-order valence-corrected chi connectivity index (χ2v) is 5.74. The minimum Gasteiger partial charge on any atom is -0.467 e. The van der Waals surface area contributed by atoms with Crippen LogP contribution in [0.3, 0.4) is 0 Å². The Bertz CT molecular complexity index is 371. The molecule has 2 saturated carbocycles. The molecule has 0 radical (unpaired) electrons. The quantitative estimate of drug-likeness (QED) is 0.846. The summed E-state index contributed by atoms with van der Waals surface area (Å²) in [5.41, 5.74) is 7.46. The van der Waals surface area contributed by atoms with Crippen LogP contribution in [0, 0.1) is 24.7 Å². The van der Waals surface area contributed by atoms with Crippen LogP contribution in [0.4, 0.5) is 0 Å². The Labute approximate surface area is 97.2 Å². The van der Waals surface area contributed by atoms with E-state index in [9.17, 15) is 0 Å². The molecule has 0 amide bonds. The number of hydrogen-bond donors (Lipinski definition) is 1. The Morgan fingerprint density at radius 3 is 2.88 bits per heavy atom. The van der Waals surface area contributed by atoms with Crippen molar-refractivity contribution in [3.05, 3.63) is 23.7 Å². The van der Waals surface area contributed by atoms with E-state index in [2.05, 4.69) is 6.92 Å². The average molecular weight is 219 g/mol. The van der Waals surface area contributed by atoms with Crippen LogP contribution in [-0.4, -0.2) is 0 Å². The van der Waals surface area contributed by atoms with E-state index >= 15 is 0 Å². The molecule has 1 heterocycles. The summed E-state index contributed by atoms with van der Waals surface area (Å²) in [6.45, 7) is 2.08. The first-order valence-corrected chi connectivity index (χ1v) is 6.53. The van der Waals surface area contributed by atoms with Gasteiger partial charge >= 0.3 is 0 Å². The van der Waals surface area contributed by atoms with Gasteiger partial charge in [-0.3, -0.25) is 0 Å². The highest BCUT2D eigenvalue weighted by Gasteiger charge is 2.40. The van der Waals surface area contributed by atoms with Gasteiger partial charge in [-0.05, 0) is 62.0 Å². The largest absolute Gasteiger partial charge is 0.467 e. The number of rotatable bonds is 3. The van der Waals surface area contributed by atoms with Crippen molar-refractivity contribution in [1.29, 1.82) is 0 Å². The van der Waals surface area contributed by atoms with Gasteiger partial charge in [-0.1, -0.05) is 6.42 Å². The van der Waals surface area contributed by atoms with E-state index in [-0.39, 0.29) is 6.04 Å². The first-order chi connectivity index (χ1) is 7.74. The van der Waals surface area contributed by atoms with Gasteiger partial charge in [0.15, 0.2) is 0 Å². The van der Waals surface area contributed by atoms with Crippen molar-refractivity contribution >= 4 is 0 Å². The van der Waals surface area contributed by atoms with Crippen molar-refractivity contribution in [2.24, 2.45) is 23.5 Å². The molecule has 0 saturated heterocycles. The molecule has 2 fully saturated rings. The number of nitrogens with two attached hydrogens (primary N) is 1. The molecule has 2 N–H and O–H groups in total. The average Bonchev–Trinajstić information content (AvgIpc) is 2.92. The van der Waals surface area contributed by atoms with Crippen molar-refractivity contribution < 1.29 is 4.42 Å². The Hall–Kier alpha value is -0.760. The molecular formula is C14H21NO. The zero-order valence-corrected chi connectivity index (χ0v) is 9.99. The van der Waals surface area contributed by atoms with E-state index < -0.39 is 0 Å². The van der Waals surface area contributed by atoms with Crippen LogP contribution >= 0.6 is 0 Å². The van der Waals surface area contributed by atoms with Crippen LogP contribution in [0.1, 0.15) is 49.5 Å². The predicted octanol–water partition coefficient (Wildman–Crippen LogP) is 3.41. The topological polar surface area (TPSA) is 39.2 Å². The lowest BCUT2D eigenvalue weighted by atomic mass is 9.83. The van der Waals surface area contributed by atoms with Gasteiger partial charge in [-0.15, -0.1) is 0 Å². The SMILES string of the molecule is Cc1ccoc1C(N)CC1CC2CCC1C2. The molecule has 0 spiro atoms. The van der Waals surface area contributed by atoms with Crippen LogP contribution in [0.5, 0.6) is 0 Å². The fraction of sp³-hybridized carbons (Fsp3) is 0.714. The smallest absolute Gasteiger partial charge is 0.123 e. The minimum absolute atomic E-state index is 0.111. The summed E-state index contributed by atoms with van der Waals surface area (Å²) in [4.78, 5) is 0. The first kappa shape index (κ1) is 10.4. The van der Waals surface area contributed by atoms with Gasteiger partial charge in [0.25, 0.3) is 0 Å². The Balaban J connectivity index is 1.65. The summed E-state index contributed by atoms with van der Waals surface area (Å²) in [7, 11) is 0. The molecule has 2 heteroatoms. The zero-order chi connectivity index (χ0) is 11.1. The third-order valence-electron chi connectivity index (χ3n) is 4.68. The Morgan fingerprint density at radius 2 is 2.31 bits per heavy atom. The van der Waals surface area contributed by atoms with Gasteiger partial charge < -0.3 is 10.2 Å². The second-order valence-electron chi connectivity index (χ2n) is 5.74. The normalized spacial score (nSPS) is 34.5. The highest BCUT2D eigenvalue weighted by molar-refractivity contribution is 5.18. The van der Waals surface area contributed by atoms with Crippen LogP contribution in [0.2, 0.25) is 0 Å². The molecule has 88 valence electrons. The molecule has 0 aromatic carbocycles. The third-order valence-corrected chi connectivity index (χ3v) is 4.68. The fourth-order valence-corrected chi connectivity index (χ4v) is 3.86. The summed E-state index contributed by atoms with van der Waals surface area (Å²) in [6, 6.07) is 2.12. The van der Waals surface area contributed by atoms with E-state index in [0.29, 0.717) is 0 Å². The van der Waals surface area contributed by atoms with E-state index in [4.69, 9.17) is 10.2 Å². The van der Waals surface area contributed by atoms with Crippen LogP contribution in [-0.2, 0) is 0 Å². The maximum absolute atomic E-state index is 6.26. The highest BCUT2D eigenvalue weighted by atomic mass is 16.3. The molecule has 4 atom stereocenters. The van der Waals surface area contributed by atoms with Gasteiger partial charge in [-0.25, -0.2) is 0 Å². The fourth-order valence-electron chi connectivity index (χ4n) is 3.86. The third kappa shape index (κ3) is 1.69. The minimum atomic E-state index is 0.111. The van der Waals surface area contributed by atoms with Gasteiger partial charge in [0.1, 0.15) is 5.76 Å². The monoisotopic (exact) mass is 219 g/mol. The van der Waals surface area contributed by atoms with Crippen LogP contribution in [0.25, 0.3) is 0 Å². The molecule has 4 unspecified atom stereocenters. The van der Waals surface area contributed by atoms with Gasteiger partial charge in [-0.2, -0.15) is 0 Å². The Morgan fingerprint density at radius 1 is 1.44 bits per heavy atom. The van der Waals surface area contributed by atoms with Crippen molar-refractivity contribution in [1.82, 2.24) is 0 Å². The number of furan rings is 1. The molecule has 2 nitrogen and oxygen atoms in total. The van der Waals surface area contributed by atoms with Crippen molar-refractivity contribution in [2.75, 3.05) is 0 Å². The van der Waals surface area contributed by atoms with Crippen molar-refractivity contribution in [3.63, 3.8) is 0 Å². The maximum Gasteiger partial charge on any atom is 0.123 e. The van der Waals surface area contributed by atoms with Crippen molar-refractivity contribution in [3.8, 4) is 0 Å². The van der Waals surface area contributed by atoms with E-state index in [1.807, 2.05) is 6.07 Å². The molecule has 1 aromatic rings. The van der Waals surface area contributed by atoms with Gasteiger partial charge in [0, 0.05) is 0 Å². The summed E-state index contributed by atoms with van der Waals surface area (Å²) in [5, 5.41) is 0. The summed E-state index contributed by atoms with van der Waals surface area (Å²) < 4.78 is 5.49. The summed E-state index contributed by atoms with van der Waals surface area (Å²) in [5.74, 6) is 3.84. The molecule has 2 aliphatic carbocycles. The van der Waals surface area contributed by atoms with E-state index in [0.717, 1.165) is 29.9 Å². The van der Waals surface area contributed by atoms with Crippen molar-refractivity contribution in [2.45, 2.75) is 45.1 Å². The first-order valence-electron chi connectivity index (χ1n) is 6.53. The molecular weight excluding hydrogens is 198 g/mol. The molecule has 3 rings (SSSR count). The molecule has 0 aliphatic heterocycles. The van der Waals surface area contributed by atoms with E-state index in [1.165, 1.54) is 31.2 Å². The van der Waals surface area contributed by atoms with Gasteiger partial charge in [0.2, 0.25) is 0 Å². The standard InChI is InChI=1S/C14H21NO/c1-9-4-5-16-14(9)13(15)8-12-7-10-2-3-11(12)6-10/h4-5,10-13H,2-3,6-8,15H2,1H3. The molecule has 16 heavy (non-hydrogen) atoms.